The van der Waals surface area contributed by atoms with Gasteiger partial charge in [-0.15, -0.1) is 0 Å². The van der Waals surface area contributed by atoms with Crippen molar-refractivity contribution < 1.29 is 33.1 Å². The Morgan fingerprint density at radius 1 is 0.971 bits per heavy atom. The fourth-order valence-electron chi connectivity index (χ4n) is 1.79. The van der Waals surface area contributed by atoms with Gasteiger partial charge in [0.2, 0.25) is 0 Å². The number of aliphatic carboxylic acids is 1. The molecule has 0 atom stereocenters. The number of phenolic OH excluding ortho intramolecular Hbond substituents is 2. The maximum atomic E-state index is 9.60. The Bertz CT molecular complexity index is 746. The molecule has 6 N–H and O–H groups in total. The highest BCUT2D eigenvalue weighted by molar-refractivity contribution is 7.85. The summed E-state index contributed by atoms with van der Waals surface area (Å²) < 4.78 is 26.9. The fourth-order valence-corrected chi connectivity index (χ4v) is 1.79. The molecule has 0 aliphatic heterocycles. The van der Waals surface area contributed by atoms with Crippen LogP contribution in [0, 0.1) is 0 Å². The van der Waals surface area contributed by atoms with Gasteiger partial charge in [0.05, 0.1) is 5.75 Å². The van der Waals surface area contributed by atoms with Crippen LogP contribution in [0.1, 0.15) is 46.1 Å². The molecule has 0 aliphatic carbocycles. The molecule has 1 rings (SSSR count). The van der Waals surface area contributed by atoms with Gasteiger partial charge in [-0.1, -0.05) is 26.5 Å². The van der Waals surface area contributed by atoms with Gasteiger partial charge < -0.3 is 30.9 Å². The number of hydrogen-bond donors (Lipinski definition) is 5. The summed E-state index contributed by atoms with van der Waals surface area (Å²) in [4.78, 5) is 14.0. The minimum Gasteiger partial charge on any atom is -0.504 e. The first kappa shape index (κ1) is 40.0. The molecule has 11 heteroatoms. The average molecular weight is 524 g/mol. The molecule has 0 radical (unpaired) electrons. The van der Waals surface area contributed by atoms with Crippen LogP contribution >= 0.6 is 0 Å². The Morgan fingerprint density at radius 3 is 1.51 bits per heavy atom. The highest BCUT2D eigenvalue weighted by Gasteiger charge is 1.98. The van der Waals surface area contributed by atoms with Gasteiger partial charge in [-0.05, 0) is 98.6 Å². The molecule has 0 aliphatic rings. The third-order valence-corrected chi connectivity index (χ3v) is 4.27. The number of phenols is 2. The summed E-state index contributed by atoms with van der Waals surface area (Å²) in [5.41, 5.74) is 6.41. The molecular weight excluding hydrogens is 474 g/mol. The number of nitrogens with zero attached hydrogens (tertiary/aromatic N) is 2. The van der Waals surface area contributed by atoms with Crippen molar-refractivity contribution >= 4 is 16.1 Å². The summed E-state index contributed by atoms with van der Waals surface area (Å²) in [6.45, 7) is 13.3. The lowest BCUT2D eigenvalue weighted by molar-refractivity contribution is -0.132. The van der Waals surface area contributed by atoms with Crippen LogP contribution in [0.25, 0.3) is 0 Å². The molecule has 0 heterocycles. The number of aromatic hydroxyl groups is 2. The largest absolute Gasteiger partial charge is 0.504 e. The molecule has 1 aromatic rings. The van der Waals surface area contributed by atoms with Crippen LogP contribution < -0.4 is 5.73 Å². The highest BCUT2D eigenvalue weighted by Crippen LogP contribution is 2.24. The van der Waals surface area contributed by atoms with Crippen molar-refractivity contribution in [2.45, 2.75) is 47.0 Å². The van der Waals surface area contributed by atoms with Gasteiger partial charge in [0, 0.05) is 5.57 Å². The minimum absolute atomic E-state index is 0.0871. The zero-order valence-corrected chi connectivity index (χ0v) is 23.6. The Morgan fingerprint density at radius 2 is 1.34 bits per heavy atom. The van der Waals surface area contributed by atoms with E-state index in [0.717, 1.165) is 5.56 Å². The van der Waals surface area contributed by atoms with Crippen LogP contribution in [0.5, 0.6) is 11.5 Å². The van der Waals surface area contributed by atoms with Crippen LogP contribution in [0.2, 0.25) is 0 Å². The monoisotopic (exact) mass is 523 g/mol. The van der Waals surface area contributed by atoms with Crippen LogP contribution in [0.3, 0.4) is 0 Å². The molecule has 0 amide bonds. The van der Waals surface area contributed by atoms with E-state index in [9.17, 15) is 13.2 Å². The number of benzene rings is 1. The van der Waals surface area contributed by atoms with Crippen molar-refractivity contribution in [1.82, 2.24) is 9.80 Å². The van der Waals surface area contributed by atoms with Crippen molar-refractivity contribution in [2.75, 3.05) is 53.6 Å². The van der Waals surface area contributed by atoms with E-state index in [1.807, 2.05) is 0 Å². The lowest BCUT2D eigenvalue weighted by atomic mass is 10.1. The lowest BCUT2D eigenvalue weighted by Crippen LogP contribution is -2.11. The third kappa shape index (κ3) is 39.3. The van der Waals surface area contributed by atoms with Gasteiger partial charge >= 0.3 is 5.97 Å². The standard InChI is InChI=1S/C8H11NO2.2C5H13N.C4H6O2.C2H6O3S/c9-4-3-6-1-2-7(10)8(11)5-6;2*1-4-5-6(2)3;1-3(2)4(5)6;1-2-6(3,4)5/h1-2,5,10-11H,3-4,9H2;2*4-5H2,1-3H3;1H2,2H3,(H,5,6);2H2,1H3,(H,3,4,5). The minimum atomic E-state index is -3.66. The SMILES string of the molecule is C=C(C)C(=O)O.CCCN(C)C.CCCN(C)C.CCS(=O)(=O)O.NCCc1ccc(O)c(O)c1. The van der Waals surface area contributed by atoms with Crippen molar-refractivity contribution in [3.05, 3.63) is 35.9 Å². The molecular formula is C24H49N3O7S. The first-order valence-electron chi connectivity index (χ1n) is 11.3. The second kappa shape index (κ2) is 24.9. The summed E-state index contributed by atoms with van der Waals surface area (Å²) in [5.74, 6) is -1.32. The normalized spacial score (nSPS) is 9.83. The zero-order chi connectivity index (χ0) is 28.6. The maximum absolute atomic E-state index is 9.60. The Labute approximate surface area is 212 Å². The van der Waals surface area contributed by atoms with E-state index in [2.05, 4.69) is 58.4 Å². The molecule has 0 spiro atoms. The molecule has 0 fully saturated rings. The van der Waals surface area contributed by atoms with E-state index < -0.39 is 16.1 Å². The summed E-state index contributed by atoms with van der Waals surface area (Å²) >= 11 is 0. The third-order valence-electron chi connectivity index (χ3n) is 3.54. The molecule has 1 aromatic carbocycles. The molecule has 10 nitrogen and oxygen atoms in total. The van der Waals surface area contributed by atoms with Gasteiger partial charge in [0.1, 0.15) is 0 Å². The highest BCUT2D eigenvalue weighted by atomic mass is 32.2. The van der Waals surface area contributed by atoms with Crippen LogP contribution in [-0.2, 0) is 21.3 Å². The van der Waals surface area contributed by atoms with Crippen LogP contribution in [0.4, 0.5) is 0 Å². The number of carboxylic acid groups (broad SMARTS) is 1. The second-order valence-electron chi connectivity index (χ2n) is 7.92. The molecule has 208 valence electrons. The Balaban J connectivity index is -0.000000178. The van der Waals surface area contributed by atoms with Crippen molar-refractivity contribution in [2.24, 2.45) is 5.73 Å². The molecule has 0 bridgehead atoms. The van der Waals surface area contributed by atoms with E-state index >= 15 is 0 Å². The summed E-state index contributed by atoms with van der Waals surface area (Å²) in [5, 5.41) is 25.9. The van der Waals surface area contributed by atoms with Crippen LogP contribution in [-0.4, -0.2) is 97.6 Å². The number of carboxylic acids is 1. The van der Waals surface area contributed by atoms with Gasteiger partial charge in [0.25, 0.3) is 10.1 Å². The van der Waals surface area contributed by atoms with Crippen LogP contribution in [0.15, 0.2) is 30.4 Å². The summed E-state index contributed by atoms with van der Waals surface area (Å²) in [6, 6.07) is 4.71. The predicted octanol–water partition coefficient (Wildman–Crippen LogP) is 3.06. The fraction of sp³-hybridized carbons (Fsp3) is 0.625. The molecule has 0 unspecified atom stereocenters. The predicted molar refractivity (Wildman–Crippen MR) is 145 cm³/mol. The number of rotatable bonds is 8. The number of hydrogen-bond acceptors (Lipinski definition) is 8. The quantitative estimate of drug-likeness (QED) is 0.194. The van der Waals surface area contributed by atoms with E-state index in [0.29, 0.717) is 13.0 Å². The number of nitrogens with two attached hydrogens (primary N) is 1. The van der Waals surface area contributed by atoms with Gasteiger partial charge in [-0.2, -0.15) is 8.42 Å². The first-order valence-corrected chi connectivity index (χ1v) is 12.9. The number of carbonyl (C=O) groups is 1. The molecule has 0 saturated carbocycles. The zero-order valence-electron chi connectivity index (χ0n) is 22.8. The van der Waals surface area contributed by atoms with E-state index in [1.165, 1.54) is 51.9 Å². The lowest BCUT2D eigenvalue weighted by Gasteiger charge is -2.03. The van der Waals surface area contributed by atoms with Crippen molar-refractivity contribution in [1.29, 1.82) is 0 Å². The van der Waals surface area contributed by atoms with E-state index in [-0.39, 0.29) is 22.8 Å². The van der Waals surface area contributed by atoms with Gasteiger partial charge in [-0.25, -0.2) is 4.79 Å². The second-order valence-corrected chi connectivity index (χ2v) is 9.67. The van der Waals surface area contributed by atoms with E-state index in [1.54, 1.807) is 6.07 Å². The topological polar surface area (TPSA) is 165 Å². The Hall–Kier alpha value is -2.18. The summed E-state index contributed by atoms with van der Waals surface area (Å²) in [6.07, 6.45) is 3.23. The molecule has 0 aromatic heterocycles. The average Bonchev–Trinajstić information content (AvgIpc) is 2.72. The first-order chi connectivity index (χ1) is 16.0. The van der Waals surface area contributed by atoms with Gasteiger partial charge in [-0.3, -0.25) is 4.55 Å². The Kier molecular flexibility index (Phi) is 28.5. The molecule has 0 saturated heterocycles. The van der Waals surface area contributed by atoms with Crippen molar-refractivity contribution in [3.8, 4) is 11.5 Å². The van der Waals surface area contributed by atoms with Gasteiger partial charge in [0.15, 0.2) is 11.5 Å². The maximum Gasteiger partial charge on any atom is 0.330 e. The summed E-state index contributed by atoms with van der Waals surface area (Å²) in [7, 11) is 4.69. The van der Waals surface area contributed by atoms with E-state index in [4.69, 9.17) is 25.6 Å². The van der Waals surface area contributed by atoms with Crippen molar-refractivity contribution in [3.63, 3.8) is 0 Å². The smallest absolute Gasteiger partial charge is 0.330 e. The molecule has 35 heavy (non-hydrogen) atoms.